The highest BCUT2D eigenvalue weighted by molar-refractivity contribution is 6.14. The molecule has 0 saturated heterocycles. The Morgan fingerprint density at radius 3 is 2.82 bits per heavy atom. The van der Waals surface area contributed by atoms with Gasteiger partial charge in [0.2, 0.25) is 5.91 Å². The molecule has 1 aromatic heterocycles. The number of esters is 1. The highest BCUT2D eigenvalue weighted by atomic mass is 16.5. The fourth-order valence-corrected chi connectivity index (χ4v) is 4.17. The summed E-state index contributed by atoms with van der Waals surface area (Å²) in [7, 11) is 0. The van der Waals surface area contributed by atoms with Crippen LogP contribution in [0.25, 0.3) is 11.3 Å². The Labute approximate surface area is 162 Å². The number of carbonyl (C=O) groups is 2. The number of nitrogens with zero attached hydrogens (tertiary/aromatic N) is 2. The van der Waals surface area contributed by atoms with Gasteiger partial charge in [0.25, 0.3) is 6.01 Å². The lowest BCUT2D eigenvalue weighted by Gasteiger charge is -2.26. The van der Waals surface area contributed by atoms with Crippen LogP contribution in [0, 0.1) is 0 Å². The van der Waals surface area contributed by atoms with Crippen LogP contribution in [0.15, 0.2) is 52.6 Å². The predicted molar refractivity (Wildman–Crippen MR) is 103 cm³/mol. The predicted octanol–water partition coefficient (Wildman–Crippen LogP) is 2.78. The Morgan fingerprint density at radius 2 is 2.14 bits per heavy atom. The number of allylic oxidation sites excluding steroid dienone is 1. The first-order chi connectivity index (χ1) is 13.3. The quantitative estimate of drug-likeness (QED) is 0.648. The van der Waals surface area contributed by atoms with Gasteiger partial charge in [0, 0.05) is 17.8 Å². The van der Waals surface area contributed by atoms with Crippen molar-refractivity contribution < 1.29 is 18.7 Å². The number of ether oxygens (including phenoxy) is 1. The SMILES string of the molecule is C=CCN1C(=O)[C@]2(C(C(=O)OC(C)C)=C1C)c1ccccc1-c1oc(N)nc12. The van der Waals surface area contributed by atoms with Crippen molar-refractivity contribution >= 4 is 17.9 Å². The van der Waals surface area contributed by atoms with Crippen molar-refractivity contribution in [2.75, 3.05) is 12.3 Å². The van der Waals surface area contributed by atoms with Gasteiger partial charge in [-0.15, -0.1) is 6.58 Å². The molecular weight excluding hydrogens is 358 g/mol. The lowest BCUT2D eigenvalue weighted by atomic mass is 9.74. The lowest BCUT2D eigenvalue weighted by molar-refractivity contribution is -0.144. The van der Waals surface area contributed by atoms with Gasteiger partial charge in [0.1, 0.15) is 5.69 Å². The van der Waals surface area contributed by atoms with Crippen molar-refractivity contribution in [3.05, 3.63) is 59.4 Å². The first-order valence-electron chi connectivity index (χ1n) is 9.05. The minimum Gasteiger partial charge on any atom is -0.460 e. The van der Waals surface area contributed by atoms with E-state index in [4.69, 9.17) is 14.9 Å². The van der Waals surface area contributed by atoms with E-state index < -0.39 is 11.4 Å². The Kier molecular flexibility index (Phi) is 3.92. The van der Waals surface area contributed by atoms with Gasteiger partial charge in [-0.1, -0.05) is 30.3 Å². The number of benzene rings is 1. The molecule has 1 amide bonds. The topological polar surface area (TPSA) is 98.7 Å². The van der Waals surface area contributed by atoms with Crippen LogP contribution in [0.4, 0.5) is 6.01 Å². The van der Waals surface area contributed by atoms with Crippen LogP contribution in [0.3, 0.4) is 0 Å². The normalized spacial score (nSPS) is 20.1. The van der Waals surface area contributed by atoms with E-state index in [0.717, 1.165) is 0 Å². The number of rotatable bonds is 4. The molecule has 7 heteroatoms. The molecule has 2 aromatic rings. The van der Waals surface area contributed by atoms with E-state index >= 15 is 0 Å². The maximum Gasteiger partial charge on any atom is 0.337 e. The monoisotopic (exact) mass is 379 g/mol. The summed E-state index contributed by atoms with van der Waals surface area (Å²) in [6, 6.07) is 7.25. The number of anilines is 1. The number of nitrogen functional groups attached to an aromatic ring is 1. The highest BCUT2D eigenvalue weighted by Crippen LogP contribution is 2.57. The maximum atomic E-state index is 13.8. The third-order valence-corrected chi connectivity index (χ3v) is 5.14. The van der Waals surface area contributed by atoms with Gasteiger partial charge in [-0.3, -0.25) is 4.79 Å². The molecule has 4 rings (SSSR count). The van der Waals surface area contributed by atoms with Crippen molar-refractivity contribution in [1.82, 2.24) is 9.88 Å². The van der Waals surface area contributed by atoms with Crippen LogP contribution in [0.2, 0.25) is 0 Å². The summed E-state index contributed by atoms with van der Waals surface area (Å²) >= 11 is 0. The van der Waals surface area contributed by atoms with Crippen LogP contribution in [-0.4, -0.2) is 34.4 Å². The summed E-state index contributed by atoms with van der Waals surface area (Å²) in [5.74, 6) is -0.443. The van der Waals surface area contributed by atoms with Crippen LogP contribution >= 0.6 is 0 Å². The summed E-state index contributed by atoms with van der Waals surface area (Å²) in [5.41, 5.74) is 6.81. The van der Waals surface area contributed by atoms with Crippen molar-refractivity contribution in [1.29, 1.82) is 0 Å². The molecule has 0 radical (unpaired) electrons. The Bertz CT molecular complexity index is 1050. The van der Waals surface area contributed by atoms with Crippen LogP contribution in [-0.2, 0) is 19.7 Å². The molecule has 144 valence electrons. The van der Waals surface area contributed by atoms with Crippen LogP contribution < -0.4 is 5.73 Å². The van der Waals surface area contributed by atoms with Crippen molar-refractivity contribution in [2.45, 2.75) is 32.3 Å². The van der Waals surface area contributed by atoms with E-state index in [1.54, 1.807) is 26.8 Å². The number of hydrogen-bond acceptors (Lipinski definition) is 6. The molecule has 1 atom stereocenters. The van der Waals surface area contributed by atoms with Gasteiger partial charge < -0.3 is 19.8 Å². The third kappa shape index (κ3) is 2.13. The molecule has 2 N–H and O–H groups in total. The minimum atomic E-state index is -1.44. The van der Waals surface area contributed by atoms with Gasteiger partial charge in [-0.25, -0.2) is 4.79 Å². The Morgan fingerprint density at radius 1 is 1.43 bits per heavy atom. The number of fused-ring (bicyclic) bond motifs is 5. The smallest absolute Gasteiger partial charge is 0.337 e. The minimum absolute atomic E-state index is 0.0527. The fraction of sp³-hybridized carbons (Fsp3) is 0.286. The summed E-state index contributed by atoms with van der Waals surface area (Å²) in [6.45, 7) is 9.25. The number of amides is 1. The van der Waals surface area contributed by atoms with Gasteiger partial charge in [0.05, 0.1) is 11.7 Å². The summed E-state index contributed by atoms with van der Waals surface area (Å²) in [6.07, 6.45) is 1.27. The summed E-state index contributed by atoms with van der Waals surface area (Å²) < 4.78 is 11.1. The van der Waals surface area contributed by atoms with E-state index in [1.165, 1.54) is 4.90 Å². The van der Waals surface area contributed by atoms with E-state index in [2.05, 4.69) is 11.6 Å². The van der Waals surface area contributed by atoms with Crippen molar-refractivity contribution in [2.24, 2.45) is 0 Å². The molecule has 2 aliphatic rings. The molecule has 7 nitrogen and oxygen atoms in total. The summed E-state index contributed by atoms with van der Waals surface area (Å²) in [5, 5.41) is 0. The standard InChI is InChI=1S/C21H21N3O4/c1-5-10-24-12(4)15(18(25)27-11(2)3)21(19(24)26)14-9-7-6-8-13(14)16-17(21)23-20(22)28-16/h5-9,11H,1,10H2,2-4H3,(H2,22,23)/t21-/m0/s1. The first-order valence-corrected chi connectivity index (χ1v) is 9.05. The molecule has 1 aliphatic heterocycles. The Balaban J connectivity index is 2.07. The number of aromatic nitrogens is 1. The second kappa shape index (κ2) is 6.09. The third-order valence-electron chi connectivity index (χ3n) is 5.14. The largest absolute Gasteiger partial charge is 0.460 e. The number of carbonyl (C=O) groups excluding carboxylic acids is 2. The van der Waals surface area contributed by atoms with Gasteiger partial charge in [0.15, 0.2) is 11.2 Å². The zero-order valence-electron chi connectivity index (χ0n) is 16.0. The molecule has 2 heterocycles. The molecule has 1 aliphatic carbocycles. The molecule has 0 unspecified atom stereocenters. The number of nitrogens with two attached hydrogens (primary N) is 1. The fourth-order valence-electron chi connectivity index (χ4n) is 4.17. The van der Waals surface area contributed by atoms with Gasteiger partial charge in [-0.05, 0) is 26.3 Å². The molecule has 0 saturated carbocycles. The van der Waals surface area contributed by atoms with Crippen molar-refractivity contribution in [3.63, 3.8) is 0 Å². The van der Waals surface area contributed by atoms with E-state index in [1.807, 2.05) is 24.3 Å². The zero-order valence-corrected chi connectivity index (χ0v) is 16.0. The van der Waals surface area contributed by atoms with Gasteiger partial charge >= 0.3 is 5.97 Å². The van der Waals surface area contributed by atoms with Gasteiger partial charge in [-0.2, -0.15) is 4.98 Å². The number of oxazole rings is 1. The molecule has 1 aromatic carbocycles. The second-order valence-corrected chi connectivity index (χ2v) is 7.14. The lowest BCUT2D eigenvalue weighted by Crippen LogP contribution is -2.42. The first kappa shape index (κ1) is 18.0. The van der Waals surface area contributed by atoms with Crippen LogP contribution in [0.5, 0.6) is 0 Å². The van der Waals surface area contributed by atoms with Crippen molar-refractivity contribution in [3.8, 4) is 11.3 Å². The molecule has 0 fully saturated rings. The molecular formula is C21H21N3O4. The Hall–Kier alpha value is -3.35. The van der Waals surface area contributed by atoms with E-state index in [9.17, 15) is 9.59 Å². The van der Waals surface area contributed by atoms with E-state index in [-0.39, 0.29) is 30.1 Å². The van der Waals surface area contributed by atoms with Crippen LogP contribution in [0.1, 0.15) is 32.0 Å². The average molecular weight is 379 g/mol. The molecule has 1 spiro atoms. The summed E-state index contributed by atoms with van der Waals surface area (Å²) in [4.78, 5) is 32.8. The zero-order chi connectivity index (χ0) is 20.2. The average Bonchev–Trinajstić information content (AvgIpc) is 3.21. The maximum absolute atomic E-state index is 13.8. The highest BCUT2D eigenvalue weighted by Gasteiger charge is 2.63. The number of hydrogen-bond donors (Lipinski definition) is 1. The molecule has 28 heavy (non-hydrogen) atoms. The molecule has 0 bridgehead atoms. The van der Waals surface area contributed by atoms with E-state index in [0.29, 0.717) is 28.3 Å². The second-order valence-electron chi connectivity index (χ2n) is 7.14.